The molecule has 0 aliphatic heterocycles. The second-order valence-electron chi connectivity index (χ2n) is 8.92. The van der Waals surface area contributed by atoms with Gasteiger partial charge in [-0.2, -0.15) is 0 Å². The van der Waals surface area contributed by atoms with E-state index in [1.54, 1.807) is 32.8 Å². The number of hydrogen-bond acceptors (Lipinski definition) is 1. The summed E-state index contributed by atoms with van der Waals surface area (Å²) in [4.78, 5) is 0. The Labute approximate surface area is 140 Å². The summed E-state index contributed by atoms with van der Waals surface area (Å²) in [5.41, 5.74) is 4.18. The second-order valence-corrected chi connectivity index (χ2v) is 8.92. The molecular formula is C21H27BO. The van der Waals surface area contributed by atoms with Crippen molar-refractivity contribution in [3.8, 4) is 5.75 Å². The normalized spacial score (nSPS) is 42.4. The molecule has 5 rings (SSSR count). The maximum atomic E-state index is 5.50. The van der Waals surface area contributed by atoms with Crippen LogP contribution in [0.3, 0.4) is 0 Å². The highest BCUT2D eigenvalue weighted by atomic mass is 16.5. The molecule has 1 aromatic carbocycles. The summed E-state index contributed by atoms with van der Waals surface area (Å²) in [6, 6.07) is 6.49. The minimum absolute atomic E-state index is 0.723. The number of methoxy groups -OCH3 is 1. The van der Waals surface area contributed by atoms with Gasteiger partial charge in [-0.05, 0) is 85.2 Å². The van der Waals surface area contributed by atoms with Crippen LogP contribution in [0.2, 0.25) is 0 Å². The molecule has 0 amide bonds. The standard InChI is InChI=1S/C21H27BO/c1-23-19-6-5-17(22)10-15(19)4-2-3-7-20-11-14-8-16-12-21(20,13-20)18(16)9-14/h2-3,5-6,10,14,16,18H,4,7-9,11-13,22H2,1H3/b3-2+. The zero-order valence-electron chi connectivity index (χ0n) is 14.5. The van der Waals surface area contributed by atoms with Gasteiger partial charge in [0.15, 0.2) is 0 Å². The molecule has 1 aromatic rings. The highest BCUT2D eigenvalue weighted by Crippen LogP contribution is 2.88. The van der Waals surface area contributed by atoms with Gasteiger partial charge in [0.25, 0.3) is 0 Å². The first-order valence-electron chi connectivity index (χ1n) is 9.44. The van der Waals surface area contributed by atoms with Gasteiger partial charge in [-0.3, -0.25) is 0 Å². The van der Waals surface area contributed by atoms with E-state index >= 15 is 0 Å². The molecule has 2 bridgehead atoms. The Bertz CT molecular complexity index is 680. The quantitative estimate of drug-likeness (QED) is 0.599. The molecule has 120 valence electrons. The van der Waals surface area contributed by atoms with Gasteiger partial charge >= 0.3 is 0 Å². The third-order valence-electron chi connectivity index (χ3n) is 7.84. The molecule has 0 aromatic heterocycles. The lowest BCUT2D eigenvalue weighted by Gasteiger charge is -2.46. The van der Waals surface area contributed by atoms with Gasteiger partial charge in [0.2, 0.25) is 0 Å². The molecule has 4 aliphatic rings. The molecule has 0 radical (unpaired) electrons. The van der Waals surface area contributed by atoms with Crippen molar-refractivity contribution in [3.63, 3.8) is 0 Å². The molecule has 4 aliphatic carbocycles. The van der Waals surface area contributed by atoms with Crippen molar-refractivity contribution in [2.75, 3.05) is 7.11 Å². The van der Waals surface area contributed by atoms with Crippen LogP contribution >= 0.6 is 0 Å². The number of benzene rings is 1. The SMILES string of the molecule is Bc1ccc(OC)c(C/C=C/CC23CC4CC5CC2(C3)C5C4)c1. The van der Waals surface area contributed by atoms with E-state index in [9.17, 15) is 0 Å². The Kier molecular flexibility index (Phi) is 2.89. The topological polar surface area (TPSA) is 9.23 Å². The fourth-order valence-electron chi connectivity index (χ4n) is 6.91. The predicted molar refractivity (Wildman–Crippen MR) is 97.1 cm³/mol. The second kappa shape index (κ2) is 4.68. The third-order valence-corrected chi connectivity index (χ3v) is 7.84. The first-order valence-corrected chi connectivity index (χ1v) is 9.44. The molecule has 4 fully saturated rings. The highest BCUT2D eigenvalue weighted by Gasteiger charge is 2.79. The summed E-state index contributed by atoms with van der Waals surface area (Å²) in [6.07, 6.45) is 15.0. The van der Waals surface area contributed by atoms with E-state index < -0.39 is 0 Å². The summed E-state index contributed by atoms with van der Waals surface area (Å²) in [7, 11) is 3.93. The number of fused-ring (bicyclic) bond motifs is 1. The van der Waals surface area contributed by atoms with E-state index in [0.717, 1.165) is 40.8 Å². The molecule has 5 atom stereocenters. The van der Waals surface area contributed by atoms with Crippen molar-refractivity contribution in [3.05, 3.63) is 35.9 Å². The number of allylic oxidation sites excluding steroid dienone is 2. The molecule has 4 saturated carbocycles. The molecule has 1 spiro atoms. The summed E-state index contributed by atoms with van der Waals surface area (Å²) in [6.45, 7) is 0. The third kappa shape index (κ3) is 1.87. The Morgan fingerprint density at radius 2 is 2.17 bits per heavy atom. The minimum Gasteiger partial charge on any atom is -0.496 e. The predicted octanol–water partition coefficient (Wildman–Crippen LogP) is 3.27. The van der Waals surface area contributed by atoms with E-state index in [1.807, 2.05) is 0 Å². The van der Waals surface area contributed by atoms with E-state index in [-0.39, 0.29) is 0 Å². The fourth-order valence-corrected chi connectivity index (χ4v) is 6.91. The molecule has 0 heterocycles. The molecule has 1 nitrogen and oxygen atoms in total. The monoisotopic (exact) mass is 306 g/mol. The number of hydrogen-bond donors (Lipinski definition) is 0. The molecule has 23 heavy (non-hydrogen) atoms. The van der Waals surface area contributed by atoms with Crippen LogP contribution in [-0.4, -0.2) is 15.0 Å². The maximum absolute atomic E-state index is 5.50. The van der Waals surface area contributed by atoms with Gasteiger partial charge < -0.3 is 4.74 Å². The number of ether oxygens (including phenoxy) is 1. The van der Waals surface area contributed by atoms with E-state index in [2.05, 4.69) is 38.2 Å². The smallest absolute Gasteiger partial charge is 0.139 e. The van der Waals surface area contributed by atoms with Gasteiger partial charge in [0.05, 0.1) is 7.11 Å². The van der Waals surface area contributed by atoms with Gasteiger partial charge in [-0.25, -0.2) is 0 Å². The zero-order chi connectivity index (χ0) is 15.7. The van der Waals surface area contributed by atoms with Gasteiger partial charge in [0, 0.05) is 0 Å². The van der Waals surface area contributed by atoms with E-state index in [1.165, 1.54) is 23.9 Å². The molecular weight excluding hydrogens is 279 g/mol. The van der Waals surface area contributed by atoms with E-state index in [0.29, 0.717) is 0 Å². The van der Waals surface area contributed by atoms with E-state index in [4.69, 9.17) is 4.74 Å². The van der Waals surface area contributed by atoms with Crippen LogP contribution in [0, 0.1) is 28.6 Å². The van der Waals surface area contributed by atoms with Crippen LogP contribution < -0.4 is 10.2 Å². The molecule has 2 heteroatoms. The average molecular weight is 306 g/mol. The largest absolute Gasteiger partial charge is 0.496 e. The first-order chi connectivity index (χ1) is 11.2. The average Bonchev–Trinajstić information content (AvgIpc) is 3.13. The summed E-state index contributed by atoms with van der Waals surface area (Å²) < 4.78 is 5.50. The van der Waals surface area contributed by atoms with Gasteiger partial charge in [0.1, 0.15) is 13.6 Å². The van der Waals surface area contributed by atoms with Crippen LogP contribution in [0.5, 0.6) is 5.75 Å². The Balaban J connectivity index is 1.26. The molecule has 0 saturated heterocycles. The van der Waals surface area contributed by atoms with Crippen LogP contribution in [0.4, 0.5) is 0 Å². The minimum atomic E-state index is 0.723. The van der Waals surface area contributed by atoms with Crippen LogP contribution in [0.15, 0.2) is 30.4 Å². The van der Waals surface area contributed by atoms with Crippen LogP contribution in [0.1, 0.15) is 44.1 Å². The Morgan fingerprint density at radius 1 is 1.26 bits per heavy atom. The molecule has 0 N–H and O–H groups in total. The fraction of sp³-hybridized carbons (Fsp3) is 0.619. The van der Waals surface area contributed by atoms with Gasteiger partial charge in [-0.15, -0.1) is 0 Å². The van der Waals surface area contributed by atoms with Crippen molar-refractivity contribution in [1.29, 1.82) is 0 Å². The maximum Gasteiger partial charge on any atom is 0.139 e. The number of rotatable bonds is 5. The zero-order valence-corrected chi connectivity index (χ0v) is 14.5. The lowest BCUT2D eigenvalue weighted by atomic mass is 9.58. The summed E-state index contributed by atoms with van der Waals surface area (Å²) in [5.74, 6) is 4.36. The van der Waals surface area contributed by atoms with Crippen LogP contribution in [-0.2, 0) is 6.42 Å². The van der Waals surface area contributed by atoms with Crippen LogP contribution in [0.25, 0.3) is 0 Å². The summed E-state index contributed by atoms with van der Waals surface area (Å²) in [5, 5.41) is 0. The molecule has 5 unspecified atom stereocenters. The Hall–Kier alpha value is -1.18. The summed E-state index contributed by atoms with van der Waals surface area (Å²) >= 11 is 0. The van der Waals surface area contributed by atoms with Crippen molar-refractivity contribution in [2.45, 2.75) is 44.9 Å². The van der Waals surface area contributed by atoms with Crippen molar-refractivity contribution in [1.82, 2.24) is 0 Å². The lowest BCUT2D eigenvalue weighted by molar-refractivity contribution is 0.0230. The van der Waals surface area contributed by atoms with Crippen molar-refractivity contribution < 1.29 is 4.74 Å². The lowest BCUT2D eigenvalue weighted by Crippen LogP contribution is -2.39. The highest BCUT2D eigenvalue weighted by molar-refractivity contribution is 6.32. The van der Waals surface area contributed by atoms with Crippen molar-refractivity contribution in [2.24, 2.45) is 28.6 Å². The Morgan fingerprint density at radius 3 is 3.04 bits per heavy atom. The van der Waals surface area contributed by atoms with Gasteiger partial charge in [-0.1, -0.05) is 29.7 Å². The van der Waals surface area contributed by atoms with Crippen molar-refractivity contribution >= 4 is 13.3 Å². The first kappa shape index (κ1) is 14.2.